The van der Waals surface area contributed by atoms with E-state index < -0.39 is 11.9 Å². The molecular formula is C17H14N5O4-. The van der Waals surface area contributed by atoms with Gasteiger partial charge in [0.2, 0.25) is 5.65 Å². The predicted molar refractivity (Wildman–Crippen MR) is 90.8 cm³/mol. The van der Waals surface area contributed by atoms with Gasteiger partial charge < -0.3 is 25.5 Å². The first-order valence-corrected chi connectivity index (χ1v) is 7.91. The number of H-pyrrole nitrogens is 1. The number of benzene rings is 1. The third-order valence-electron chi connectivity index (χ3n) is 4.48. The number of carbonyl (C=O) groups excluding carboxylic acids is 2. The van der Waals surface area contributed by atoms with Crippen LogP contribution in [0.15, 0.2) is 35.4 Å². The number of anilines is 1. The molecule has 4 rings (SSSR count). The molecule has 0 fully saturated rings. The van der Waals surface area contributed by atoms with Crippen LogP contribution in [0.4, 0.5) is 10.5 Å². The number of aliphatic carboxylic acids is 1. The number of imidazole rings is 1. The molecule has 26 heavy (non-hydrogen) atoms. The number of carboxylic acid groups (broad SMARTS) is 1. The first-order valence-electron chi connectivity index (χ1n) is 7.91. The molecule has 1 aliphatic rings. The number of carbonyl (C=O) groups is 2. The maximum atomic E-state index is 12.3. The van der Waals surface area contributed by atoms with Gasteiger partial charge in [-0.25, -0.2) is 9.78 Å². The van der Waals surface area contributed by atoms with Crippen molar-refractivity contribution in [2.24, 2.45) is 0 Å². The first kappa shape index (κ1) is 15.9. The van der Waals surface area contributed by atoms with E-state index in [0.717, 1.165) is 0 Å². The highest BCUT2D eigenvalue weighted by Crippen LogP contribution is 2.45. The van der Waals surface area contributed by atoms with Gasteiger partial charge in [0.1, 0.15) is 0 Å². The predicted octanol–water partition coefficient (Wildman–Crippen LogP) is 0.0262. The molecule has 2 amide bonds. The molecule has 0 bridgehead atoms. The quantitative estimate of drug-likeness (QED) is 0.612. The van der Waals surface area contributed by atoms with Crippen molar-refractivity contribution in [3.63, 3.8) is 0 Å². The minimum atomic E-state index is -1.21. The summed E-state index contributed by atoms with van der Waals surface area (Å²) in [6, 6.07) is 4.75. The Balaban J connectivity index is 1.93. The number of carboxylic acids is 1. The fraction of sp³-hybridized carbons (Fsp3) is 0.176. The van der Waals surface area contributed by atoms with E-state index >= 15 is 0 Å². The van der Waals surface area contributed by atoms with Crippen LogP contribution in [-0.2, 0) is 4.79 Å². The summed E-state index contributed by atoms with van der Waals surface area (Å²) in [5.41, 5.74) is 2.94. The lowest BCUT2D eigenvalue weighted by Crippen LogP contribution is -2.26. The van der Waals surface area contributed by atoms with Crippen molar-refractivity contribution in [1.82, 2.24) is 19.7 Å². The molecule has 1 aromatic carbocycles. The van der Waals surface area contributed by atoms with Gasteiger partial charge >= 0.3 is 6.03 Å². The number of rotatable bonds is 3. The molecule has 1 atom stereocenters. The number of amides is 2. The lowest BCUT2D eigenvalue weighted by molar-refractivity contribution is -0.305. The zero-order valence-electron chi connectivity index (χ0n) is 13.7. The van der Waals surface area contributed by atoms with E-state index in [1.165, 1.54) is 13.2 Å². The molecule has 0 radical (unpaired) electrons. The van der Waals surface area contributed by atoms with Crippen LogP contribution in [0.2, 0.25) is 0 Å². The van der Waals surface area contributed by atoms with Gasteiger partial charge in [-0.15, -0.1) is 0 Å². The van der Waals surface area contributed by atoms with Crippen LogP contribution in [0.3, 0.4) is 0 Å². The Bertz CT molecular complexity index is 1110. The number of urea groups is 1. The number of hydrogen-bond donors (Lipinski definition) is 3. The van der Waals surface area contributed by atoms with Crippen LogP contribution < -0.4 is 21.3 Å². The molecule has 0 saturated carbocycles. The van der Waals surface area contributed by atoms with Crippen molar-refractivity contribution >= 4 is 23.3 Å². The second-order valence-electron chi connectivity index (χ2n) is 5.97. The average Bonchev–Trinajstić information content (AvgIpc) is 3.19. The fourth-order valence-electron chi connectivity index (χ4n) is 3.44. The third-order valence-corrected chi connectivity index (χ3v) is 4.48. The second kappa shape index (κ2) is 5.73. The second-order valence-corrected chi connectivity index (χ2v) is 5.97. The molecule has 2 heterocycles. The fourth-order valence-corrected chi connectivity index (χ4v) is 3.44. The number of fused-ring (bicyclic) bond motifs is 5. The van der Waals surface area contributed by atoms with Crippen LogP contribution in [0, 0.1) is 0 Å². The van der Waals surface area contributed by atoms with Crippen LogP contribution >= 0.6 is 0 Å². The Morgan fingerprint density at radius 1 is 1.38 bits per heavy atom. The number of nitrogens with zero attached hydrogens (tertiary/aromatic N) is 2. The van der Waals surface area contributed by atoms with Crippen molar-refractivity contribution in [1.29, 1.82) is 0 Å². The summed E-state index contributed by atoms with van der Waals surface area (Å²) in [5, 5.41) is 16.5. The normalized spacial score (nSPS) is 14.7. The summed E-state index contributed by atoms with van der Waals surface area (Å²) < 4.78 is 1.60. The minimum Gasteiger partial charge on any atom is -0.550 e. The molecule has 0 aliphatic heterocycles. The Morgan fingerprint density at radius 3 is 2.92 bits per heavy atom. The van der Waals surface area contributed by atoms with Crippen molar-refractivity contribution in [2.75, 3.05) is 12.4 Å². The van der Waals surface area contributed by atoms with Crippen molar-refractivity contribution in [3.05, 3.63) is 52.2 Å². The molecule has 2 aromatic heterocycles. The molecule has 9 nitrogen and oxygen atoms in total. The van der Waals surface area contributed by atoms with Gasteiger partial charge in [-0.05, 0) is 24.1 Å². The maximum Gasteiger partial charge on any atom is 0.318 e. The molecule has 0 spiro atoms. The molecule has 1 aliphatic carbocycles. The van der Waals surface area contributed by atoms with Gasteiger partial charge in [0.05, 0.1) is 11.4 Å². The lowest BCUT2D eigenvalue weighted by atomic mass is 9.96. The van der Waals surface area contributed by atoms with E-state index in [2.05, 4.69) is 20.6 Å². The highest BCUT2D eigenvalue weighted by atomic mass is 16.4. The Kier molecular flexibility index (Phi) is 3.50. The molecule has 0 saturated heterocycles. The molecule has 1 unspecified atom stereocenters. The van der Waals surface area contributed by atoms with Crippen molar-refractivity contribution in [3.8, 4) is 11.3 Å². The average molecular weight is 352 g/mol. The van der Waals surface area contributed by atoms with Gasteiger partial charge in [0, 0.05) is 42.6 Å². The van der Waals surface area contributed by atoms with E-state index in [0.29, 0.717) is 28.2 Å². The monoisotopic (exact) mass is 352 g/mol. The largest absolute Gasteiger partial charge is 0.550 e. The Labute approximate surface area is 146 Å². The summed E-state index contributed by atoms with van der Waals surface area (Å²) >= 11 is 0. The van der Waals surface area contributed by atoms with E-state index in [-0.39, 0.29) is 23.7 Å². The van der Waals surface area contributed by atoms with Crippen LogP contribution in [0.1, 0.15) is 23.6 Å². The molecular weight excluding hydrogens is 338 g/mol. The maximum absolute atomic E-state index is 12.3. The Morgan fingerprint density at radius 2 is 2.19 bits per heavy atom. The van der Waals surface area contributed by atoms with Crippen LogP contribution in [0.5, 0.6) is 0 Å². The zero-order valence-corrected chi connectivity index (χ0v) is 13.7. The standard InChI is InChI=1S/C17H15N5O4/c1-18-17(26)20-8-2-3-9-10(6-8)11(7-12(23)24)14-13(9)21-16(25)15-19-4-5-22(14)15/h2-6,11H,7H2,1H3,(H,21,25)(H,23,24)(H2,18,20,26)/p-1. The topological polar surface area (TPSA) is 131 Å². The molecule has 9 heteroatoms. The van der Waals surface area contributed by atoms with Gasteiger partial charge in [-0.3, -0.25) is 9.20 Å². The summed E-state index contributed by atoms with van der Waals surface area (Å²) in [5.74, 6) is -1.75. The van der Waals surface area contributed by atoms with E-state index in [1.54, 1.807) is 28.8 Å². The number of hydrogen-bond acceptors (Lipinski definition) is 5. The van der Waals surface area contributed by atoms with Gasteiger partial charge in [-0.2, -0.15) is 0 Å². The number of aromatic nitrogens is 3. The smallest absolute Gasteiger partial charge is 0.318 e. The van der Waals surface area contributed by atoms with E-state index in [4.69, 9.17) is 0 Å². The Hall–Kier alpha value is -3.62. The molecule has 3 aromatic rings. The molecule has 132 valence electrons. The molecule has 3 N–H and O–H groups in total. The van der Waals surface area contributed by atoms with Crippen molar-refractivity contribution in [2.45, 2.75) is 12.3 Å². The van der Waals surface area contributed by atoms with Crippen molar-refractivity contribution < 1.29 is 14.7 Å². The van der Waals surface area contributed by atoms with Crippen LogP contribution in [-0.4, -0.2) is 33.4 Å². The zero-order chi connectivity index (χ0) is 18.4. The van der Waals surface area contributed by atoms with Gasteiger partial charge in [-0.1, -0.05) is 6.07 Å². The van der Waals surface area contributed by atoms with E-state index in [1.807, 2.05) is 0 Å². The highest BCUT2D eigenvalue weighted by molar-refractivity contribution is 5.90. The summed E-state index contributed by atoms with van der Waals surface area (Å²) in [4.78, 5) is 42.0. The highest BCUT2D eigenvalue weighted by Gasteiger charge is 2.33. The summed E-state index contributed by atoms with van der Waals surface area (Å²) in [6.45, 7) is 0. The summed E-state index contributed by atoms with van der Waals surface area (Å²) in [7, 11) is 1.50. The van der Waals surface area contributed by atoms with Crippen LogP contribution in [0.25, 0.3) is 16.9 Å². The number of aromatic amines is 1. The van der Waals surface area contributed by atoms with E-state index in [9.17, 15) is 19.5 Å². The number of nitrogens with one attached hydrogen (secondary N) is 3. The van der Waals surface area contributed by atoms with Gasteiger partial charge in [0.15, 0.2) is 0 Å². The van der Waals surface area contributed by atoms with Gasteiger partial charge in [0.25, 0.3) is 5.56 Å². The first-order chi connectivity index (χ1) is 12.5. The third kappa shape index (κ3) is 2.32. The lowest BCUT2D eigenvalue weighted by Gasteiger charge is -2.16. The summed E-state index contributed by atoms with van der Waals surface area (Å²) in [6.07, 6.45) is 2.85. The SMILES string of the molecule is CNC(=O)Nc1ccc2c(c1)C(CC(=O)[O-])c1c-2[nH]c(=O)c2nccn12. The minimum absolute atomic E-state index is 0.198.